The minimum atomic E-state index is -0.938. The number of pyridine rings is 1. The third kappa shape index (κ3) is 1.24. The summed E-state index contributed by atoms with van der Waals surface area (Å²) in [6, 6.07) is 9.40. The zero-order chi connectivity index (χ0) is 9.26. The molecule has 2 rings (SSSR count). The molecule has 2 aromatic rings. The lowest BCUT2D eigenvalue weighted by Gasteiger charge is -1.99. The fraction of sp³-hybridized carbons (Fsp3) is 0. The highest BCUT2D eigenvalue weighted by atomic mass is 16.4. The SMILES string of the molecule is O=C(O)c1cccc2nc[c]cc12. The van der Waals surface area contributed by atoms with Gasteiger partial charge >= 0.3 is 5.97 Å². The van der Waals surface area contributed by atoms with E-state index in [2.05, 4.69) is 11.1 Å². The molecular formula is C10H6NO2. The van der Waals surface area contributed by atoms with Gasteiger partial charge in [0.2, 0.25) is 0 Å². The summed E-state index contributed by atoms with van der Waals surface area (Å²) in [5.74, 6) is -0.938. The maximum atomic E-state index is 10.8. The van der Waals surface area contributed by atoms with Crippen molar-refractivity contribution in [2.45, 2.75) is 0 Å². The predicted octanol–water partition coefficient (Wildman–Crippen LogP) is 1.73. The molecule has 0 saturated heterocycles. The first-order valence-electron chi connectivity index (χ1n) is 3.77. The molecule has 0 unspecified atom stereocenters. The van der Waals surface area contributed by atoms with Crippen LogP contribution in [-0.4, -0.2) is 16.1 Å². The minimum Gasteiger partial charge on any atom is -0.478 e. The van der Waals surface area contributed by atoms with Crippen molar-refractivity contribution in [2.24, 2.45) is 0 Å². The van der Waals surface area contributed by atoms with Crippen molar-refractivity contribution in [2.75, 3.05) is 0 Å². The van der Waals surface area contributed by atoms with Crippen LogP contribution < -0.4 is 0 Å². The first-order valence-corrected chi connectivity index (χ1v) is 3.77. The third-order valence-corrected chi connectivity index (χ3v) is 1.82. The fourth-order valence-corrected chi connectivity index (χ4v) is 1.23. The van der Waals surface area contributed by atoms with Crippen LogP contribution in [0.1, 0.15) is 10.4 Å². The van der Waals surface area contributed by atoms with E-state index in [1.807, 2.05) is 0 Å². The van der Waals surface area contributed by atoms with E-state index < -0.39 is 5.97 Å². The van der Waals surface area contributed by atoms with E-state index in [1.54, 1.807) is 24.3 Å². The molecule has 1 aromatic heterocycles. The Bertz CT molecular complexity index is 460. The number of nitrogens with zero attached hydrogens (tertiary/aromatic N) is 1. The van der Waals surface area contributed by atoms with Crippen molar-refractivity contribution in [1.82, 2.24) is 4.98 Å². The van der Waals surface area contributed by atoms with E-state index in [0.717, 1.165) is 0 Å². The highest BCUT2D eigenvalue weighted by Gasteiger charge is 2.06. The Balaban J connectivity index is 2.83. The van der Waals surface area contributed by atoms with Crippen LogP contribution in [0.5, 0.6) is 0 Å². The van der Waals surface area contributed by atoms with Crippen LogP contribution in [0.2, 0.25) is 0 Å². The summed E-state index contributed by atoms with van der Waals surface area (Å²) >= 11 is 0. The number of hydrogen-bond acceptors (Lipinski definition) is 2. The zero-order valence-electron chi connectivity index (χ0n) is 6.69. The van der Waals surface area contributed by atoms with E-state index in [0.29, 0.717) is 10.9 Å². The molecule has 1 heterocycles. The van der Waals surface area contributed by atoms with Gasteiger partial charge in [-0.25, -0.2) is 4.79 Å². The average Bonchev–Trinajstić information content (AvgIpc) is 2.17. The molecule has 0 atom stereocenters. The summed E-state index contributed by atoms with van der Waals surface area (Å²) in [5.41, 5.74) is 0.945. The summed E-state index contributed by atoms with van der Waals surface area (Å²) < 4.78 is 0. The highest BCUT2D eigenvalue weighted by Crippen LogP contribution is 2.15. The summed E-state index contributed by atoms with van der Waals surface area (Å²) in [7, 11) is 0. The number of rotatable bonds is 1. The summed E-state index contributed by atoms with van der Waals surface area (Å²) in [6.45, 7) is 0. The maximum Gasteiger partial charge on any atom is 0.336 e. The Hall–Kier alpha value is -1.90. The molecule has 13 heavy (non-hydrogen) atoms. The molecule has 0 bridgehead atoms. The van der Waals surface area contributed by atoms with E-state index in [9.17, 15) is 4.79 Å². The van der Waals surface area contributed by atoms with Crippen LogP contribution in [0.25, 0.3) is 10.9 Å². The van der Waals surface area contributed by atoms with Gasteiger partial charge < -0.3 is 5.11 Å². The Morgan fingerprint density at radius 2 is 2.31 bits per heavy atom. The molecule has 0 aliphatic heterocycles. The second kappa shape index (κ2) is 2.86. The molecule has 3 heteroatoms. The Kier molecular flexibility index (Phi) is 1.70. The van der Waals surface area contributed by atoms with Crippen LogP contribution in [0.3, 0.4) is 0 Å². The number of benzene rings is 1. The lowest BCUT2D eigenvalue weighted by molar-refractivity contribution is 0.0699. The van der Waals surface area contributed by atoms with Crippen LogP contribution in [0, 0.1) is 6.07 Å². The smallest absolute Gasteiger partial charge is 0.336 e. The van der Waals surface area contributed by atoms with Gasteiger partial charge in [-0.15, -0.1) is 0 Å². The van der Waals surface area contributed by atoms with Gasteiger partial charge in [0.15, 0.2) is 0 Å². The number of aromatic nitrogens is 1. The Labute approximate surface area is 74.7 Å². The second-order valence-corrected chi connectivity index (χ2v) is 2.61. The van der Waals surface area contributed by atoms with Gasteiger partial charge in [-0.1, -0.05) is 6.07 Å². The van der Waals surface area contributed by atoms with E-state index >= 15 is 0 Å². The summed E-state index contributed by atoms with van der Waals surface area (Å²) in [4.78, 5) is 14.8. The number of carbonyl (C=O) groups is 1. The lowest BCUT2D eigenvalue weighted by atomic mass is 10.1. The van der Waals surface area contributed by atoms with Gasteiger partial charge in [0.1, 0.15) is 0 Å². The standard InChI is InChI=1S/C10H6NO2/c12-10(13)8-3-1-5-9-7(8)4-2-6-11-9/h1,3-6H,(H,12,13). The molecule has 3 nitrogen and oxygen atoms in total. The average molecular weight is 172 g/mol. The number of carboxylic acids is 1. The molecule has 1 radical (unpaired) electrons. The van der Waals surface area contributed by atoms with Crippen LogP contribution >= 0.6 is 0 Å². The van der Waals surface area contributed by atoms with Gasteiger partial charge in [-0.2, -0.15) is 0 Å². The minimum absolute atomic E-state index is 0.266. The van der Waals surface area contributed by atoms with Crippen molar-refractivity contribution in [1.29, 1.82) is 0 Å². The monoisotopic (exact) mass is 172 g/mol. The van der Waals surface area contributed by atoms with E-state index in [-0.39, 0.29) is 5.56 Å². The molecule has 0 saturated carbocycles. The third-order valence-electron chi connectivity index (χ3n) is 1.82. The van der Waals surface area contributed by atoms with Gasteiger partial charge in [0.25, 0.3) is 0 Å². The molecule has 0 aliphatic rings. The van der Waals surface area contributed by atoms with E-state index in [4.69, 9.17) is 5.11 Å². The largest absolute Gasteiger partial charge is 0.478 e. The molecule has 1 N–H and O–H groups in total. The van der Waals surface area contributed by atoms with Gasteiger partial charge in [0.05, 0.1) is 11.1 Å². The molecule has 63 valence electrons. The second-order valence-electron chi connectivity index (χ2n) is 2.61. The van der Waals surface area contributed by atoms with Crippen molar-refractivity contribution in [3.63, 3.8) is 0 Å². The normalized spacial score (nSPS) is 10.2. The fourth-order valence-electron chi connectivity index (χ4n) is 1.23. The maximum absolute atomic E-state index is 10.8. The Morgan fingerprint density at radius 3 is 3.08 bits per heavy atom. The number of fused-ring (bicyclic) bond motifs is 1. The van der Waals surface area contributed by atoms with Crippen molar-refractivity contribution >= 4 is 16.9 Å². The predicted molar refractivity (Wildman–Crippen MR) is 47.5 cm³/mol. The van der Waals surface area contributed by atoms with Crippen LogP contribution in [0.4, 0.5) is 0 Å². The lowest BCUT2D eigenvalue weighted by Crippen LogP contribution is -1.97. The van der Waals surface area contributed by atoms with E-state index in [1.165, 1.54) is 6.20 Å². The highest BCUT2D eigenvalue weighted by molar-refractivity contribution is 6.02. The topological polar surface area (TPSA) is 50.2 Å². The van der Waals surface area contributed by atoms with Gasteiger partial charge in [0, 0.05) is 17.6 Å². The molecular weight excluding hydrogens is 166 g/mol. The molecule has 0 fully saturated rings. The summed E-state index contributed by atoms with van der Waals surface area (Å²) in [5, 5.41) is 9.46. The van der Waals surface area contributed by atoms with Gasteiger partial charge in [-0.3, -0.25) is 4.98 Å². The van der Waals surface area contributed by atoms with Crippen molar-refractivity contribution < 1.29 is 9.90 Å². The quantitative estimate of drug-likeness (QED) is 0.712. The van der Waals surface area contributed by atoms with Gasteiger partial charge in [-0.05, 0) is 18.2 Å². The Morgan fingerprint density at radius 1 is 1.46 bits per heavy atom. The molecule has 0 aliphatic carbocycles. The molecule has 0 amide bonds. The summed E-state index contributed by atoms with van der Waals surface area (Å²) in [6.07, 6.45) is 1.52. The van der Waals surface area contributed by atoms with Crippen molar-refractivity contribution in [3.05, 3.63) is 42.1 Å². The zero-order valence-corrected chi connectivity index (χ0v) is 6.69. The number of aromatic carboxylic acids is 1. The first kappa shape index (κ1) is 7.73. The first-order chi connectivity index (χ1) is 6.29. The molecule has 1 aromatic carbocycles. The van der Waals surface area contributed by atoms with Crippen LogP contribution in [0.15, 0.2) is 30.5 Å². The number of hydrogen-bond donors (Lipinski definition) is 1. The molecule has 0 spiro atoms. The van der Waals surface area contributed by atoms with Crippen molar-refractivity contribution in [3.8, 4) is 0 Å². The van der Waals surface area contributed by atoms with Crippen LogP contribution in [-0.2, 0) is 0 Å². The number of carboxylic acid groups (broad SMARTS) is 1.